The predicted octanol–water partition coefficient (Wildman–Crippen LogP) is -1.47. The molecule has 0 aromatic carbocycles. The topological polar surface area (TPSA) is 98.2 Å². The van der Waals surface area contributed by atoms with Crippen LogP contribution in [0.2, 0.25) is 0 Å². The molecule has 0 saturated carbocycles. The van der Waals surface area contributed by atoms with Crippen LogP contribution in [0.5, 0.6) is 0 Å². The Morgan fingerprint density at radius 3 is 2.11 bits per heavy atom. The molecule has 0 aliphatic heterocycles. The lowest BCUT2D eigenvalue weighted by atomic mass is 10.3. The molecule has 0 heterocycles. The Morgan fingerprint density at radius 2 is 2.00 bits per heavy atom. The van der Waals surface area contributed by atoms with E-state index in [0.717, 1.165) is 0 Å². The van der Waals surface area contributed by atoms with Crippen LogP contribution in [0, 0.1) is 0 Å². The number of imide groups is 1. The number of urea groups is 1. The van der Waals surface area contributed by atoms with Gasteiger partial charge in [-0.25, -0.2) is 4.79 Å². The zero-order valence-corrected chi connectivity index (χ0v) is 5.05. The Balaban J connectivity index is 3.64. The quantitative estimate of drug-likeness (QED) is 0.405. The van der Waals surface area contributed by atoms with E-state index in [0.29, 0.717) is 0 Å². The fourth-order valence-electron chi connectivity index (χ4n) is 0.235. The van der Waals surface area contributed by atoms with E-state index in [9.17, 15) is 9.59 Å². The maximum Gasteiger partial charge on any atom is 0.318 e. The van der Waals surface area contributed by atoms with Gasteiger partial charge < -0.3 is 11.5 Å². The number of nitrogens with one attached hydrogen (secondary N) is 1. The van der Waals surface area contributed by atoms with Crippen LogP contribution < -0.4 is 16.8 Å². The summed E-state index contributed by atoms with van der Waals surface area (Å²) in [6, 6.07) is -1.57. The van der Waals surface area contributed by atoms with Crippen LogP contribution in [0.1, 0.15) is 6.92 Å². The molecule has 0 rings (SSSR count). The number of nitrogens with two attached hydrogens (primary N) is 2. The van der Waals surface area contributed by atoms with Crippen molar-refractivity contribution in [3.05, 3.63) is 0 Å². The lowest BCUT2D eigenvalue weighted by molar-refractivity contribution is -0.120. The van der Waals surface area contributed by atoms with Gasteiger partial charge in [-0.15, -0.1) is 0 Å². The maximum absolute atomic E-state index is 10.4. The Labute approximate surface area is 52.4 Å². The van der Waals surface area contributed by atoms with Crippen molar-refractivity contribution in [1.29, 1.82) is 0 Å². The summed E-state index contributed by atoms with van der Waals surface area (Å²) in [5, 5.41) is 1.82. The van der Waals surface area contributed by atoms with E-state index >= 15 is 0 Å². The van der Waals surface area contributed by atoms with Crippen molar-refractivity contribution in [3.63, 3.8) is 0 Å². The largest absolute Gasteiger partial charge is 0.351 e. The highest BCUT2D eigenvalue weighted by atomic mass is 16.2. The van der Waals surface area contributed by atoms with Gasteiger partial charge in [-0.1, -0.05) is 0 Å². The third-order valence-electron chi connectivity index (χ3n) is 0.660. The van der Waals surface area contributed by atoms with E-state index in [4.69, 9.17) is 5.73 Å². The summed E-state index contributed by atoms with van der Waals surface area (Å²) in [4.78, 5) is 20.4. The van der Waals surface area contributed by atoms with Crippen molar-refractivity contribution in [2.45, 2.75) is 13.0 Å². The molecule has 0 aromatic heterocycles. The minimum atomic E-state index is -0.877. The molecule has 52 valence electrons. The Hall–Kier alpha value is -1.10. The van der Waals surface area contributed by atoms with Gasteiger partial charge in [-0.2, -0.15) is 0 Å². The highest BCUT2D eigenvalue weighted by molar-refractivity contribution is 5.95. The number of carbonyl (C=O) groups excluding carboxylic acids is 2. The van der Waals surface area contributed by atoms with Gasteiger partial charge in [0, 0.05) is 0 Å². The molecule has 0 aliphatic rings. The number of hydrogen-bond acceptors (Lipinski definition) is 3. The van der Waals surface area contributed by atoms with Crippen LogP contribution in [0.3, 0.4) is 0 Å². The third kappa shape index (κ3) is 3.48. The van der Waals surface area contributed by atoms with Crippen molar-refractivity contribution in [2.75, 3.05) is 0 Å². The molecule has 0 saturated heterocycles. The first-order valence-electron chi connectivity index (χ1n) is 2.40. The molecule has 3 amide bonds. The molecule has 9 heavy (non-hydrogen) atoms. The van der Waals surface area contributed by atoms with Crippen LogP contribution in [0.25, 0.3) is 0 Å². The summed E-state index contributed by atoms with van der Waals surface area (Å²) in [6.45, 7) is 1.46. The SMILES string of the molecule is CC(N)C(=O)NC(N)=O. The van der Waals surface area contributed by atoms with Gasteiger partial charge in [0.2, 0.25) is 5.91 Å². The molecule has 1 atom stereocenters. The highest BCUT2D eigenvalue weighted by Crippen LogP contribution is 1.72. The summed E-state index contributed by atoms with van der Waals surface area (Å²) in [5.74, 6) is -0.567. The second kappa shape index (κ2) is 3.03. The second-order valence-corrected chi connectivity index (χ2v) is 1.64. The Bertz CT molecular complexity index is 132. The van der Waals surface area contributed by atoms with Crippen LogP contribution in [0.4, 0.5) is 4.79 Å². The summed E-state index contributed by atoms with van der Waals surface area (Å²) in [7, 11) is 0. The molecule has 5 nitrogen and oxygen atoms in total. The summed E-state index contributed by atoms with van der Waals surface area (Å²) >= 11 is 0. The summed E-state index contributed by atoms with van der Waals surface area (Å²) < 4.78 is 0. The predicted molar refractivity (Wildman–Crippen MR) is 31.4 cm³/mol. The van der Waals surface area contributed by atoms with Gasteiger partial charge in [0.25, 0.3) is 0 Å². The van der Waals surface area contributed by atoms with Crippen LogP contribution in [0.15, 0.2) is 0 Å². The Morgan fingerprint density at radius 1 is 1.56 bits per heavy atom. The molecule has 5 N–H and O–H groups in total. The lowest BCUT2D eigenvalue weighted by Crippen LogP contribution is -2.43. The van der Waals surface area contributed by atoms with Gasteiger partial charge in [0.1, 0.15) is 0 Å². The minimum absolute atomic E-state index is 0.567. The first-order valence-corrected chi connectivity index (χ1v) is 2.40. The van der Waals surface area contributed by atoms with Gasteiger partial charge >= 0.3 is 6.03 Å². The number of rotatable bonds is 1. The first-order chi connectivity index (χ1) is 4.04. The fraction of sp³-hybridized carbons (Fsp3) is 0.500. The van der Waals surface area contributed by atoms with Gasteiger partial charge in [0.15, 0.2) is 0 Å². The highest BCUT2D eigenvalue weighted by Gasteiger charge is 2.07. The van der Waals surface area contributed by atoms with Crippen LogP contribution >= 0.6 is 0 Å². The maximum atomic E-state index is 10.4. The summed E-state index contributed by atoms with van der Waals surface area (Å²) in [5.41, 5.74) is 9.67. The van der Waals surface area contributed by atoms with Crippen LogP contribution in [-0.4, -0.2) is 18.0 Å². The third-order valence-corrected chi connectivity index (χ3v) is 0.660. The van der Waals surface area contributed by atoms with E-state index in [1.165, 1.54) is 6.92 Å². The molecular formula is C4H9N3O2. The van der Waals surface area contributed by atoms with Crippen LogP contribution in [-0.2, 0) is 4.79 Å². The van der Waals surface area contributed by atoms with Gasteiger partial charge in [-0.3, -0.25) is 10.1 Å². The second-order valence-electron chi connectivity index (χ2n) is 1.64. The molecule has 5 heteroatoms. The molecule has 0 aromatic rings. The monoisotopic (exact) mass is 131 g/mol. The standard InChI is InChI=1S/C4H9N3O2/c1-2(5)3(8)7-4(6)9/h2H,5H2,1H3,(H3,6,7,8,9). The Kier molecular flexibility index (Phi) is 2.66. The normalized spacial score (nSPS) is 12.2. The average Bonchev–Trinajstić information content (AvgIpc) is 1.63. The molecule has 0 fully saturated rings. The van der Waals surface area contributed by atoms with Crippen molar-refractivity contribution in [2.24, 2.45) is 11.5 Å². The average molecular weight is 131 g/mol. The molecule has 0 aliphatic carbocycles. The first kappa shape index (κ1) is 7.90. The lowest BCUT2D eigenvalue weighted by Gasteiger charge is -2.01. The molecular weight excluding hydrogens is 122 g/mol. The van der Waals surface area contributed by atoms with Crippen molar-refractivity contribution >= 4 is 11.9 Å². The van der Waals surface area contributed by atoms with Crippen molar-refractivity contribution in [1.82, 2.24) is 5.32 Å². The molecule has 1 unspecified atom stereocenters. The minimum Gasteiger partial charge on any atom is -0.351 e. The summed E-state index contributed by atoms with van der Waals surface area (Å²) in [6.07, 6.45) is 0. The smallest absolute Gasteiger partial charge is 0.318 e. The van der Waals surface area contributed by atoms with E-state index < -0.39 is 18.0 Å². The number of primary amides is 1. The van der Waals surface area contributed by atoms with E-state index in [1.54, 1.807) is 0 Å². The molecule has 0 spiro atoms. The fourth-order valence-corrected chi connectivity index (χ4v) is 0.235. The molecule has 0 radical (unpaired) electrons. The van der Waals surface area contributed by atoms with Gasteiger partial charge in [-0.05, 0) is 6.92 Å². The van der Waals surface area contributed by atoms with E-state index in [-0.39, 0.29) is 0 Å². The van der Waals surface area contributed by atoms with Gasteiger partial charge in [0.05, 0.1) is 6.04 Å². The van der Waals surface area contributed by atoms with E-state index in [1.807, 2.05) is 5.32 Å². The number of hydrogen-bond donors (Lipinski definition) is 3. The number of carbonyl (C=O) groups is 2. The molecule has 0 bridgehead atoms. The zero-order chi connectivity index (χ0) is 7.44. The van der Waals surface area contributed by atoms with Crippen molar-refractivity contribution < 1.29 is 9.59 Å². The van der Waals surface area contributed by atoms with Crippen molar-refractivity contribution in [3.8, 4) is 0 Å². The number of amides is 3. The van der Waals surface area contributed by atoms with E-state index in [2.05, 4.69) is 5.73 Å². The zero-order valence-electron chi connectivity index (χ0n) is 5.05.